The number of anilines is 1. The molecule has 6 heteroatoms. The van der Waals surface area contributed by atoms with Crippen LogP contribution >= 0.6 is 0 Å². The first kappa shape index (κ1) is 16.8. The Kier molecular flexibility index (Phi) is 5.11. The second-order valence-electron chi connectivity index (χ2n) is 5.98. The Hall–Kier alpha value is -1.56. The third kappa shape index (κ3) is 4.00. The van der Waals surface area contributed by atoms with Gasteiger partial charge < -0.3 is 4.90 Å². The summed E-state index contributed by atoms with van der Waals surface area (Å²) in [6.07, 6.45) is 4.27. The van der Waals surface area contributed by atoms with Crippen LogP contribution in [-0.4, -0.2) is 45.1 Å². The maximum Gasteiger partial charge on any atom is 0.243 e. The molecule has 0 aromatic heterocycles. The average molecular weight is 324 g/mol. The van der Waals surface area contributed by atoms with Crippen molar-refractivity contribution in [2.45, 2.75) is 33.1 Å². The van der Waals surface area contributed by atoms with Crippen LogP contribution in [0.1, 0.15) is 30.4 Å². The van der Waals surface area contributed by atoms with E-state index in [-0.39, 0.29) is 12.5 Å². The number of sulfonamides is 1. The van der Waals surface area contributed by atoms with Gasteiger partial charge in [0.1, 0.15) is 6.54 Å². The van der Waals surface area contributed by atoms with Crippen molar-refractivity contribution in [2.24, 2.45) is 0 Å². The highest BCUT2D eigenvalue weighted by Gasteiger charge is 2.25. The molecule has 2 rings (SSSR count). The van der Waals surface area contributed by atoms with E-state index in [0.29, 0.717) is 5.69 Å². The third-order valence-corrected chi connectivity index (χ3v) is 5.31. The number of nitrogens with zero attached hydrogens (tertiary/aromatic N) is 2. The minimum atomic E-state index is -3.50. The molecule has 1 aliphatic heterocycles. The molecular weight excluding hydrogens is 300 g/mol. The van der Waals surface area contributed by atoms with Gasteiger partial charge in [-0.15, -0.1) is 0 Å². The minimum Gasteiger partial charge on any atom is -0.341 e. The summed E-state index contributed by atoms with van der Waals surface area (Å²) < 4.78 is 25.4. The van der Waals surface area contributed by atoms with E-state index < -0.39 is 10.0 Å². The Bertz CT molecular complexity index is 649. The SMILES string of the molecule is Cc1ccc(N(CC(=O)N2CCCCC2)S(C)(=O)=O)cc1C. The number of aryl methyl sites for hydroxylation is 2. The molecule has 5 nitrogen and oxygen atoms in total. The molecule has 0 aliphatic carbocycles. The van der Waals surface area contributed by atoms with Gasteiger partial charge in [-0.2, -0.15) is 0 Å². The lowest BCUT2D eigenvalue weighted by atomic mass is 10.1. The summed E-state index contributed by atoms with van der Waals surface area (Å²) in [5.41, 5.74) is 2.66. The molecule has 0 radical (unpaired) electrons. The lowest BCUT2D eigenvalue weighted by Gasteiger charge is -2.30. The molecule has 0 N–H and O–H groups in total. The van der Waals surface area contributed by atoms with Crippen LogP contribution in [0.5, 0.6) is 0 Å². The van der Waals surface area contributed by atoms with Crippen LogP contribution in [0, 0.1) is 13.8 Å². The smallest absolute Gasteiger partial charge is 0.243 e. The number of hydrogen-bond acceptors (Lipinski definition) is 3. The number of benzene rings is 1. The van der Waals surface area contributed by atoms with E-state index in [0.717, 1.165) is 49.7 Å². The van der Waals surface area contributed by atoms with E-state index >= 15 is 0 Å². The zero-order chi connectivity index (χ0) is 16.3. The highest BCUT2D eigenvalue weighted by Crippen LogP contribution is 2.21. The molecule has 0 atom stereocenters. The van der Waals surface area contributed by atoms with E-state index in [1.54, 1.807) is 11.0 Å². The molecule has 1 aliphatic rings. The molecule has 22 heavy (non-hydrogen) atoms. The van der Waals surface area contributed by atoms with E-state index in [4.69, 9.17) is 0 Å². The quantitative estimate of drug-likeness (QED) is 0.852. The molecule has 0 unspecified atom stereocenters. The molecule has 1 saturated heterocycles. The summed E-state index contributed by atoms with van der Waals surface area (Å²) >= 11 is 0. The van der Waals surface area contributed by atoms with Crippen LogP contribution < -0.4 is 4.31 Å². The van der Waals surface area contributed by atoms with Gasteiger partial charge in [0.25, 0.3) is 0 Å². The highest BCUT2D eigenvalue weighted by molar-refractivity contribution is 7.92. The van der Waals surface area contributed by atoms with Crippen LogP contribution in [0.25, 0.3) is 0 Å². The maximum atomic E-state index is 12.4. The number of amides is 1. The van der Waals surface area contributed by atoms with Gasteiger partial charge in [-0.05, 0) is 56.4 Å². The number of likely N-dealkylation sites (tertiary alicyclic amines) is 1. The highest BCUT2D eigenvalue weighted by atomic mass is 32.2. The second-order valence-corrected chi connectivity index (χ2v) is 7.89. The van der Waals surface area contributed by atoms with Crippen molar-refractivity contribution in [3.8, 4) is 0 Å². The Morgan fingerprint density at radius 3 is 2.32 bits per heavy atom. The van der Waals surface area contributed by atoms with Gasteiger partial charge in [0.2, 0.25) is 15.9 Å². The normalized spacial score (nSPS) is 15.7. The maximum absolute atomic E-state index is 12.4. The second kappa shape index (κ2) is 6.69. The Labute approximate surface area is 133 Å². The van der Waals surface area contributed by atoms with Gasteiger partial charge >= 0.3 is 0 Å². The van der Waals surface area contributed by atoms with Crippen molar-refractivity contribution >= 4 is 21.6 Å². The fraction of sp³-hybridized carbons (Fsp3) is 0.562. The van der Waals surface area contributed by atoms with E-state index in [1.807, 2.05) is 26.0 Å². The van der Waals surface area contributed by atoms with Gasteiger partial charge in [0.15, 0.2) is 0 Å². The van der Waals surface area contributed by atoms with Crippen LogP contribution in [0.2, 0.25) is 0 Å². The molecule has 1 heterocycles. The number of carbonyl (C=O) groups excluding carboxylic acids is 1. The lowest BCUT2D eigenvalue weighted by Crippen LogP contribution is -2.44. The fourth-order valence-corrected chi connectivity index (χ4v) is 3.49. The van der Waals surface area contributed by atoms with Crippen molar-refractivity contribution in [1.82, 2.24) is 4.90 Å². The lowest BCUT2D eigenvalue weighted by molar-refractivity contribution is -0.130. The standard InChI is InChI=1S/C16H24N2O3S/c1-13-7-8-15(11-14(13)2)18(22(3,20)21)12-16(19)17-9-5-4-6-10-17/h7-8,11H,4-6,9-10,12H2,1-3H3. The largest absolute Gasteiger partial charge is 0.341 e. The predicted octanol–water partition coefficient (Wildman–Crippen LogP) is 2.08. The summed E-state index contributed by atoms with van der Waals surface area (Å²) in [5, 5.41) is 0. The molecule has 1 amide bonds. The number of carbonyl (C=O) groups is 1. The van der Waals surface area contributed by atoms with Gasteiger partial charge in [0, 0.05) is 13.1 Å². The zero-order valence-corrected chi connectivity index (χ0v) is 14.3. The first-order valence-corrected chi connectivity index (χ1v) is 9.46. The van der Waals surface area contributed by atoms with Gasteiger partial charge in [-0.1, -0.05) is 6.07 Å². The summed E-state index contributed by atoms with van der Waals surface area (Å²) in [7, 11) is -3.50. The van der Waals surface area contributed by atoms with Crippen molar-refractivity contribution in [1.29, 1.82) is 0 Å². The van der Waals surface area contributed by atoms with Crippen LogP contribution in [0.15, 0.2) is 18.2 Å². The molecule has 1 fully saturated rings. The number of piperidine rings is 1. The first-order valence-electron chi connectivity index (χ1n) is 7.62. The van der Waals surface area contributed by atoms with Crippen LogP contribution in [0.3, 0.4) is 0 Å². The fourth-order valence-electron chi connectivity index (χ4n) is 2.65. The molecule has 0 saturated carbocycles. The monoisotopic (exact) mass is 324 g/mol. The van der Waals surface area contributed by atoms with Crippen LogP contribution in [-0.2, 0) is 14.8 Å². The summed E-state index contributed by atoms with van der Waals surface area (Å²) in [6, 6.07) is 5.46. The Morgan fingerprint density at radius 1 is 1.14 bits per heavy atom. The van der Waals surface area contributed by atoms with E-state index in [2.05, 4.69) is 0 Å². The van der Waals surface area contributed by atoms with Gasteiger partial charge in [-0.25, -0.2) is 8.42 Å². The molecule has 122 valence electrons. The van der Waals surface area contributed by atoms with E-state index in [1.165, 1.54) is 4.31 Å². The number of rotatable bonds is 4. The molecule has 1 aromatic rings. The van der Waals surface area contributed by atoms with Gasteiger partial charge in [-0.3, -0.25) is 9.10 Å². The minimum absolute atomic E-state index is 0.122. The average Bonchev–Trinajstić information content (AvgIpc) is 2.47. The summed E-state index contributed by atoms with van der Waals surface area (Å²) in [6.45, 7) is 5.24. The van der Waals surface area contributed by atoms with Crippen molar-refractivity contribution in [2.75, 3.05) is 30.2 Å². The van der Waals surface area contributed by atoms with Crippen molar-refractivity contribution < 1.29 is 13.2 Å². The Balaban J connectivity index is 2.23. The predicted molar refractivity (Wildman–Crippen MR) is 88.5 cm³/mol. The first-order chi connectivity index (χ1) is 10.3. The summed E-state index contributed by atoms with van der Waals surface area (Å²) in [4.78, 5) is 14.2. The topological polar surface area (TPSA) is 57.7 Å². The number of hydrogen-bond donors (Lipinski definition) is 0. The van der Waals surface area contributed by atoms with Crippen molar-refractivity contribution in [3.63, 3.8) is 0 Å². The Morgan fingerprint density at radius 2 is 1.77 bits per heavy atom. The summed E-state index contributed by atoms with van der Waals surface area (Å²) in [5.74, 6) is -0.122. The molecule has 0 bridgehead atoms. The molecular formula is C16H24N2O3S. The zero-order valence-electron chi connectivity index (χ0n) is 13.5. The molecule has 1 aromatic carbocycles. The molecule has 0 spiro atoms. The van der Waals surface area contributed by atoms with Crippen molar-refractivity contribution in [3.05, 3.63) is 29.3 Å². The third-order valence-electron chi connectivity index (χ3n) is 4.17. The van der Waals surface area contributed by atoms with Gasteiger partial charge in [0.05, 0.1) is 11.9 Å². The van der Waals surface area contributed by atoms with E-state index in [9.17, 15) is 13.2 Å². The van der Waals surface area contributed by atoms with Crippen LogP contribution in [0.4, 0.5) is 5.69 Å².